The van der Waals surface area contributed by atoms with Crippen molar-refractivity contribution in [1.82, 2.24) is 9.78 Å². The molecule has 1 saturated carbocycles. The van der Waals surface area contributed by atoms with Gasteiger partial charge in [0, 0.05) is 12.1 Å². The van der Waals surface area contributed by atoms with E-state index in [4.69, 9.17) is 0 Å². The smallest absolute Gasteiger partial charge is 0.168 e. The highest BCUT2D eigenvalue weighted by Crippen LogP contribution is 2.31. The van der Waals surface area contributed by atoms with Crippen LogP contribution >= 0.6 is 0 Å². The number of aromatic nitrogens is 2. The van der Waals surface area contributed by atoms with Crippen LogP contribution in [0.1, 0.15) is 55.2 Å². The summed E-state index contributed by atoms with van der Waals surface area (Å²) in [6.45, 7) is 5.79. The third-order valence-corrected chi connectivity index (χ3v) is 3.16. The molecule has 0 aromatic carbocycles. The Hall–Kier alpha value is -1.12. The number of aryl methyl sites for hydroxylation is 1. The number of rotatable bonds is 3. The molecule has 15 heavy (non-hydrogen) atoms. The molecule has 0 N–H and O–H groups in total. The number of carbonyl (C=O) groups excluding carboxylic acids is 1. The molecule has 0 saturated heterocycles. The second kappa shape index (κ2) is 3.80. The van der Waals surface area contributed by atoms with Crippen molar-refractivity contribution < 1.29 is 4.79 Å². The molecule has 3 heteroatoms. The Bertz CT molecular complexity index is 375. The van der Waals surface area contributed by atoms with E-state index in [0.717, 1.165) is 11.3 Å². The number of hydrogen-bond acceptors (Lipinski definition) is 2. The van der Waals surface area contributed by atoms with E-state index < -0.39 is 0 Å². The Labute approximate surface area is 90.5 Å². The summed E-state index contributed by atoms with van der Waals surface area (Å²) in [7, 11) is 0. The first-order valence-corrected chi connectivity index (χ1v) is 5.69. The van der Waals surface area contributed by atoms with Crippen molar-refractivity contribution in [1.29, 1.82) is 0 Å². The summed E-state index contributed by atoms with van der Waals surface area (Å²) in [6, 6.07) is 0.539. The van der Waals surface area contributed by atoms with Crippen LogP contribution < -0.4 is 0 Å². The van der Waals surface area contributed by atoms with E-state index in [1.54, 1.807) is 0 Å². The number of Topliss-reactive ketones (excluding diaryl/α,β-unsaturated/α-hetero) is 1. The summed E-state index contributed by atoms with van der Waals surface area (Å²) in [5, 5.41) is 4.43. The van der Waals surface area contributed by atoms with Crippen LogP contribution in [0.15, 0.2) is 6.20 Å². The van der Waals surface area contributed by atoms with Crippen molar-refractivity contribution in [3.8, 4) is 0 Å². The van der Waals surface area contributed by atoms with Crippen molar-refractivity contribution >= 4 is 5.78 Å². The van der Waals surface area contributed by atoms with Crippen molar-refractivity contribution in [3.05, 3.63) is 17.5 Å². The fourth-order valence-corrected chi connectivity index (χ4v) is 1.87. The first kappa shape index (κ1) is 10.4. The lowest BCUT2D eigenvalue weighted by Gasteiger charge is -2.25. The summed E-state index contributed by atoms with van der Waals surface area (Å²) < 4.78 is 1.98. The first-order valence-electron chi connectivity index (χ1n) is 5.69. The second-order valence-electron chi connectivity index (χ2n) is 4.71. The van der Waals surface area contributed by atoms with Crippen LogP contribution in [-0.4, -0.2) is 15.6 Å². The van der Waals surface area contributed by atoms with Crippen LogP contribution in [0, 0.1) is 12.8 Å². The summed E-state index contributed by atoms with van der Waals surface area (Å²) in [6.07, 6.45) is 5.63. The Morgan fingerprint density at radius 3 is 2.67 bits per heavy atom. The minimum Gasteiger partial charge on any atom is -0.294 e. The average Bonchev–Trinajstić information content (AvgIpc) is 2.42. The van der Waals surface area contributed by atoms with Gasteiger partial charge in [0.2, 0.25) is 0 Å². The topological polar surface area (TPSA) is 34.9 Å². The van der Waals surface area contributed by atoms with Gasteiger partial charge in [0.1, 0.15) is 0 Å². The molecule has 0 amide bonds. The van der Waals surface area contributed by atoms with E-state index in [9.17, 15) is 4.79 Å². The fraction of sp³-hybridized carbons (Fsp3) is 0.667. The lowest BCUT2D eigenvalue weighted by atomic mass is 9.93. The normalized spacial score (nSPS) is 16.8. The zero-order chi connectivity index (χ0) is 11.0. The van der Waals surface area contributed by atoms with Gasteiger partial charge < -0.3 is 0 Å². The highest BCUT2D eigenvalue weighted by Gasteiger charge is 2.23. The summed E-state index contributed by atoms with van der Waals surface area (Å²) in [5.41, 5.74) is 1.68. The van der Waals surface area contributed by atoms with E-state index in [-0.39, 0.29) is 11.7 Å². The van der Waals surface area contributed by atoms with Crippen molar-refractivity contribution in [3.63, 3.8) is 0 Å². The van der Waals surface area contributed by atoms with Gasteiger partial charge in [0.25, 0.3) is 0 Å². The number of hydrogen-bond donors (Lipinski definition) is 0. The predicted octanol–water partition coefficient (Wildman–Crippen LogP) is 2.76. The van der Waals surface area contributed by atoms with Gasteiger partial charge in [0.05, 0.1) is 17.3 Å². The zero-order valence-corrected chi connectivity index (χ0v) is 9.66. The standard InChI is InChI=1S/C12H18N2O/c1-8(2)12(15)11-7-14(13-9(11)3)10-5-4-6-10/h7-8,10H,4-6H2,1-3H3. The van der Waals surface area contributed by atoms with E-state index in [1.807, 2.05) is 31.6 Å². The monoisotopic (exact) mass is 206 g/mol. The molecule has 1 aliphatic rings. The van der Waals surface area contributed by atoms with Crippen molar-refractivity contribution in [2.24, 2.45) is 5.92 Å². The Morgan fingerprint density at radius 1 is 1.53 bits per heavy atom. The molecule has 0 atom stereocenters. The Morgan fingerprint density at radius 2 is 2.20 bits per heavy atom. The molecule has 0 aliphatic heterocycles. The molecular weight excluding hydrogens is 188 g/mol. The molecule has 0 spiro atoms. The molecule has 2 rings (SSSR count). The van der Waals surface area contributed by atoms with Crippen LogP contribution in [0.3, 0.4) is 0 Å². The maximum absolute atomic E-state index is 11.9. The average molecular weight is 206 g/mol. The largest absolute Gasteiger partial charge is 0.294 e. The molecule has 1 aromatic rings. The molecule has 1 heterocycles. The highest BCUT2D eigenvalue weighted by atomic mass is 16.1. The number of nitrogens with zero attached hydrogens (tertiary/aromatic N) is 2. The highest BCUT2D eigenvalue weighted by molar-refractivity contribution is 5.98. The van der Waals surface area contributed by atoms with Gasteiger partial charge >= 0.3 is 0 Å². The molecule has 1 aromatic heterocycles. The predicted molar refractivity (Wildman–Crippen MR) is 59.0 cm³/mol. The van der Waals surface area contributed by atoms with Crippen LogP contribution in [0.4, 0.5) is 0 Å². The molecule has 1 aliphatic carbocycles. The lowest BCUT2D eigenvalue weighted by Crippen LogP contribution is -2.17. The molecular formula is C12H18N2O. The number of carbonyl (C=O) groups is 1. The molecule has 1 fully saturated rings. The van der Waals surface area contributed by atoms with Gasteiger partial charge in [0.15, 0.2) is 5.78 Å². The quantitative estimate of drug-likeness (QED) is 0.713. The van der Waals surface area contributed by atoms with E-state index in [1.165, 1.54) is 19.3 Å². The molecule has 0 radical (unpaired) electrons. The second-order valence-corrected chi connectivity index (χ2v) is 4.71. The maximum Gasteiger partial charge on any atom is 0.168 e. The van der Waals surface area contributed by atoms with E-state index >= 15 is 0 Å². The zero-order valence-electron chi connectivity index (χ0n) is 9.66. The van der Waals surface area contributed by atoms with Gasteiger partial charge in [-0.1, -0.05) is 13.8 Å². The van der Waals surface area contributed by atoms with Gasteiger partial charge in [-0.15, -0.1) is 0 Å². The maximum atomic E-state index is 11.9. The lowest BCUT2D eigenvalue weighted by molar-refractivity contribution is 0.0938. The molecule has 0 unspecified atom stereocenters. The van der Waals surface area contributed by atoms with Crippen LogP contribution in [0.25, 0.3) is 0 Å². The first-order chi connectivity index (χ1) is 7.09. The van der Waals surface area contributed by atoms with Gasteiger partial charge in [-0.3, -0.25) is 9.48 Å². The number of ketones is 1. The molecule has 0 bridgehead atoms. The van der Waals surface area contributed by atoms with Crippen LogP contribution in [0.5, 0.6) is 0 Å². The van der Waals surface area contributed by atoms with Crippen LogP contribution in [0.2, 0.25) is 0 Å². The van der Waals surface area contributed by atoms with E-state index in [0.29, 0.717) is 6.04 Å². The third-order valence-electron chi connectivity index (χ3n) is 3.16. The minimum absolute atomic E-state index is 0.0581. The third kappa shape index (κ3) is 1.83. The van der Waals surface area contributed by atoms with Gasteiger partial charge in [-0.2, -0.15) is 5.10 Å². The van der Waals surface area contributed by atoms with Crippen LogP contribution in [-0.2, 0) is 0 Å². The molecule has 3 nitrogen and oxygen atoms in total. The summed E-state index contributed by atoms with van der Waals surface area (Å²) in [5.74, 6) is 0.265. The fourth-order valence-electron chi connectivity index (χ4n) is 1.87. The van der Waals surface area contributed by atoms with Gasteiger partial charge in [-0.05, 0) is 26.2 Å². The molecule has 82 valence electrons. The summed E-state index contributed by atoms with van der Waals surface area (Å²) >= 11 is 0. The van der Waals surface area contributed by atoms with Crippen molar-refractivity contribution in [2.45, 2.75) is 46.1 Å². The minimum atomic E-state index is 0.0581. The van der Waals surface area contributed by atoms with Crippen molar-refractivity contribution in [2.75, 3.05) is 0 Å². The van der Waals surface area contributed by atoms with E-state index in [2.05, 4.69) is 5.10 Å². The Balaban J connectivity index is 2.24. The summed E-state index contributed by atoms with van der Waals surface area (Å²) in [4.78, 5) is 11.9. The Kier molecular flexibility index (Phi) is 2.63. The SMILES string of the molecule is Cc1nn(C2CCC2)cc1C(=O)C(C)C. The van der Waals surface area contributed by atoms with Gasteiger partial charge in [-0.25, -0.2) is 0 Å².